The Labute approximate surface area is 86.0 Å². The van der Waals surface area contributed by atoms with Gasteiger partial charge in [-0.2, -0.15) is 0 Å². The molecule has 2 aromatic rings. The largest absolute Gasteiger partial charge is 0.440 e. The summed E-state index contributed by atoms with van der Waals surface area (Å²) < 4.78 is 5.46. The van der Waals surface area contributed by atoms with Crippen LogP contribution in [0.4, 0.5) is 0 Å². The molecule has 0 spiro atoms. The molecule has 0 amide bonds. The van der Waals surface area contributed by atoms with E-state index >= 15 is 0 Å². The van der Waals surface area contributed by atoms with Gasteiger partial charge in [-0.05, 0) is 25.3 Å². The van der Waals surface area contributed by atoms with Crippen molar-refractivity contribution in [1.82, 2.24) is 4.98 Å². The lowest BCUT2D eigenvalue weighted by Gasteiger charge is -1.96. The van der Waals surface area contributed by atoms with E-state index in [0.717, 1.165) is 4.88 Å². The van der Waals surface area contributed by atoms with E-state index in [2.05, 4.69) is 4.98 Å². The molecular weight excluding hydrogens is 198 g/mol. The van der Waals surface area contributed by atoms with Crippen molar-refractivity contribution in [2.45, 2.75) is 20.0 Å². The van der Waals surface area contributed by atoms with Gasteiger partial charge < -0.3 is 9.52 Å². The molecule has 14 heavy (non-hydrogen) atoms. The normalized spacial score (nSPS) is 13.1. The number of aryl methyl sites for hydroxylation is 1. The Kier molecular flexibility index (Phi) is 2.39. The van der Waals surface area contributed by atoms with Gasteiger partial charge in [-0.1, -0.05) is 6.07 Å². The van der Waals surface area contributed by atoms with E-state index in [1.165, 1.54) is 0 Å². The summed E-state index contributed by atoms with van der Waals surface area (Å²) in [5, 5.41) is 11.4. The second kappa shape index (κ2) is 3.55. The fourth-order valence-corrected chi connectivity index (χ4v) is 1.95. The summed E-state index contributed by atoms with van der Waals surface area (Å²) in [5.74, 6) is 1.27. The molecule has 0 aliphatic carbocycles. The third-order valence-corrected chi connectivity index (χ3v) is 2.82. The number of thiophene rings is 1. The number of oxazole rings is 1. The monoisotopic (exact) mass is 209 g/mol. The number of rotatable bonds is 2. The molecule has 0 aromatic carbocycles. The van der Waals surface area contributed by atoms with Gasteiger partial charge in [-0.25, -0.2) is 4.98 Å². The molecule has 0 saturated heterocycles. The highest BCUT2D eigenvalue weighted by Crippen LogP contribution is 2.27. The van der Waals surface area contributed by atoms with E-state index in [0.29, 0.717) is 17.3 Å². The first-order valence-electron chi connectivity index (χ1n) is 4.37. The molecule has 0 bridgehead atoms. The number of aliphatic hydroxyl groups excluding tert-OH is 1. The summed E-state index contributed by atoms with van der Waals surface area (Å²) in [4.78, 5) is 5.23. The number of aromatic nitrogens is 1. The molecule has 0 aliphatic heterocycles. The molecule has 1 unspecified atom stereocenters. The average molecular weight is 209 g/mol. The van der Waals surface area contributed by atoms with Crippen LogP contribution in [0.3, 0.4) is 0 Å². The second-order valence-corrected chi connectivity index (χ2v) is 4.06. The molecule has 0 radical (unpaired) electrons. The quantitative estimate of drug-likeness (QED) is 0.827. The first-order valence-corrected chi connectivity index (χ1v) is 5.25. The summed E-state index contributed by atoms with van der Waals surface area (Å²) >= 11 is 1.57. The van der Waals surface area contributed by atoms with Crippen molar-refractivity contribution in [2.24, 2.45) is 0 Å². The number of hydrogen-bond donors (Lipinski definition) is 1. The van der Waals surface area contributed by atoms with Crippen LogP contribution in [0.2, 0.25) is 0 Å². The number of nitrogens with zero attached hydrogens (tertiary/aromatic N) is 1. The summed E-state index contributed by atoms with van der Waals surface area (Å²) in [7, 11) is 0. The van der Waals surface area contributed by atoms with Gasteiger partial charge in [-0.3, -0.25) is 0 Å². The van der Waals surface area contributed by atoms with Crippen LogP contribution in [0.25, 0.3) is 10.8 Å². The fraction of sp³-hybridized carbons (Fsp3) is 0.300. The lowest BCUT2D eigenvalue weighted by molar-refractivity contribution is 0.193. The minimum Gasteiger partial charge on any atom is -0.440 e. The maximum Gasteiger partial charge on any atom is 0.236 e. The molecule has 3 nitrogen and oxygen atoms in total. The van der Waals surface area contributed by atoms with Crippen LogP contribution in [0.1, 0.15) is 24.5 Å². The number of hydrogen-bond acceptors (Lipinski definition) is 4. The Bertz CT molecular complexity index is 417. The van der Waals surface area contributed by atoms with E-state index in [1.807, 2.05) is 24.4 Å². The minimum atomic E-state index is -0.576. The topological polar surface area (TPSA) is 46.3 Å². The van der Waals surface area contributed by atoms with Crippen molar-refractivity contribution in [1.29, 1.82) is 0 Å². The Balaban J connectivity index is 2.43. The van der Waals surface area contributed by atoms with Crippen molar-refractivity contribution >= 4 is 11.3 Å². The molecule has 1 atom stereocenters. The van der Waals surface area contributed by atoms with E-state index in [9.17, 15) is 5.11 Å². The second-order valence-electron chi connectivity index (χ2n) is 3.11. The predicted octanol–water partition coefficient (Wildman–Crippen LogP) is 2.76. The fourth-order valence-electron chi connectivity index (χ4n) is 1.30. The van der Waals surface area contributed by atoms with Gasteiger partial charge >= 0.3 is 0 Å². The minimum absolute atomic E-state index is 0.576. The van der Waals surface area contributed by atoms with Gasteiger partial charge in [0.1, 0.15) is 11.5 Å². The van der Waals surface area contributed by atoms with Gasteiger partial charge in [0.05, 0.1) is 11.0 Å². The van der Waals surface area contributed by atoms with Crippen LogP contribution < -0.4 is 0 Å². The maximum absolute atomic E-state index is 9.40. The predicted molar refractivity (Wildman–Crippen MR) is 55.2 cm³/mol. The van der Waals surface area contributed by atoms with Crippen LogP contribution >= 0.6 is 11.3 Å². The van der Waals surface area contributed by atoms with Crippen molar-refractivity contribution in [3.05, 3.63) is 29.0 Å². The van der Waals surface area contributed by atoms with Crippen molar-refractivity contribution in [3.63, 3.8) is 0 Å². The average Bonchev–Trinajstić information content (AvgIpc) is 2.70. The van der Waals surface area contributed by atoms with Gasteiger partial charge in [-0.15, -0.1) is 11.3 Å². The molecule has 4 heteroatoms. The summed E-state index contributed by atoms with van der Waals surface area (Å²) in [6.45, 7) is 3.50. The lowest BCUT2D eigenvalue weighted by atomic mass is 10.2. The van der Waals surface area contributed by atoms with Gasteiger partial charge in [0, 0.05) is 0 Å². The third-order valence-electron chi connectivity index (χ3n) is 1.96. The maximum atomic E-state index is 9.40. The van der Waals surface area contributed by atoms with E-state index in [1.54, 1.807) is 18.3 Å². The first kappa shape index (κ1) is 9.43. The van der Waals surface area contributed by atoms with E-state index in [-0.39, 0.29) is 0 Å². The Morgan fingerprint density at radius 2 is 2.36 bits per heavy atom. The van der Waals surface area contributed by atoms with E-state index < -0.39 is 6.10 Å². The SMILES string of the molecule is Cc1oc(-c2cccs2)nc1C(C)O. The standard InChI is InChI=1S/C10H11NO2S/c1-6(12)9-7(2)13-10(11-9)8-4-3-5-14-8/h3-6,12H,1-2H3. The van der Waals surface area contributed by atoms with Crippen LogP contribution in [-0.2, 0) is 0 Å². The van der Waals surface area contributed by atoms with Crippen LogP contribution in [0.15, 0.2) is 21.9 Å². The molecule has 0 aliphatic rings. The van der Waals surface area contributed by atoms with Crippen molar-refractivity contribution in [3.8, 4) is 10.8 Å². The van der Waals surface area contributed by atoms with Gasteiger partial charge in [0.25, 0.3) is 0 Å². The first-order chi connectivity index (χ1) is 6.68. The zero-order chi connectivity index (χ0) is 10.1. The lowest BCUT2D eigenvalue weighted by Crippen LogP contribution is -1.92. The Hall–Kier alpha value is -1.13. The van der Waals surface area contributed by atoms with Crippen molar-refractivity contribution in [2.75, 3.05) is 0 Å². The zero-order valence-electron chi connectivity index (χ0n) is 8.02. The highest BCUT2D eigenvalue weighted by molar-refractivity contribution is 7.13. The number of aliphatic hydroxyl groups is 1. The van der Waals surface area contributed by atoms with Crippen LogP contribution in [0.5, 0.6) is 0 Å². The molecule has 1 N–H and O–H groups in total. The highest BCUT2D eigenvalue weighted by Gasteiger charge is 2.15. The Morgan fingerprint density at radius 1 is 1.57 bits per heavy atom. The molecule has 2 heterocycles. The molecule has 2 rings (SSSR count). The Morgan fingerprint density at radius 3 is 2.86 bits per heavy atom. The van der Waals surface area contributed by atoms with Gasteiger partial charge in [0.2, 0.25) is 5.89 Å². The zero-order valence-corrected chi connectivity index (χ0v) is 8.84. The van der Waals surface area contributed by atoms with Crippen molar-refractivity contribution < 1.29 is 9.52 Å². The smallest absolute Gasteiger partial charge is 0.236 e. The molecular formula is C10H11NO2S. The molecule has 2 aromatic heterocycles. The van der Waals surface area contributed by atoms with Gasteiger partial charge in [0.15, 0.2) is 0 Å². The van der Waals surface area contributed by atoms with Crippen LogP contribution in [0, 0.1) is 6.92 Å². The van der Waals surface area contributed by atoms with Crippen LogP contribution in [-0.4, -0.2) is 10.1 Å². The third kappa shape index (κ3) is 1.58. The highest BCUT2D eigenvalue weighted by atomic mass is 32.1. The van der Waals surface area contributed by atoms with E-state index in [4.69, 9.17) is 4.42 Å². The molecule has 74 valence electrons. The summed E-state index contributed by atoms with van der Waals surface area (Å²) in [5.41, 5.74) is 0.619. The summed E-state index contributed by atoms with van der Waals surface area (Å²) in [6, 6.07) is 3.89. The summed E-state index contributed by atoms with van der Waals surface area (Å²) in [6.07, 6.45) is -0.576. The molecule has 0 fully saturated rings. The molecule has 0 saturated carbocycles.